The second kappa shape index (κ2) is 5.54. The molecule has 0 aliphatic heterocycles. The smallest absolute Gasteiger partial charge is 0.241 e. The van der Waals surface area contributed by atoms with E-state index in [4.69, 9.17) is 0 Å². The summed E-state index contributed by atoms with van der Waals surface area (Å²) in [6.45, 7) is 7.20. The Morgan fingerprint density at radius 1 is 1.38 bits per heavy atom. The first-order valence-corrected chi connectivity index (χ1v) is 5.60. The van der Waals surface area contributed by atoms with Crippen molar-refractivity contribution in [1.82, 2.24) is 4.90 Å². The predicted octanol–water partition coefficient (Wildman–Crippen LogP) is 2.19. The van der Waals surface area contributed by atoms with Crippen LogP contribution in [0, 0.1) is 13.8 Å². The fourth-order valence-corrected chi connectivity index (χ4v) is 1.42. The van der Waals surface area contributed by atoms with Crippen LogP contribution in [0.15, 0.2) is 18.2 Å². The fourth-order valence-electron chi connectivity index (χ4n) is 1.42. The molecule has 0 unspecified atom stereocenters. The van der Waals surface area contributed by atoms with Crippen molar-refractivity contribution in [3.05, 3.63) is 29.3 Å². The van der Waals surface area contributed by atoms with Gasteiger partial charge in [-0.2, -0.15) is 0 Å². The van der Waals surface area contributed by atoms with E-state index in [1.807, 2.05) is 26.1 Å². The van der Waals surface area contributed by atoms with E-state index in [0.717, 1.165) is 12.2 Å². The third-order valence-electron chi connectivity index (χ3n) is 2.93. The summed E-state index contributed by atoms with van der Waals surface area (Å²) in [5, 5.41) is 3.18. The van der Waals surface area contributed by atoms with Crippen LogP contribution in [0.5, 0.6) is 0 Å². The van der Waals surface area contributed by atoms with Crippen LogP contribution in [0.4, 0.5) is 5.69 Å². The summed E-state index contributed by atoms with van der Waals surface area (Å²) in [4.78, 5) is 13.3. The lowest BCUT2D eigenvalue weighted by molar-refractivity contribution is -0.127. The number of rotatable bonds is 4. The number of likely N-dealkylation sites (N-methyl/N-ethyl adjacent to an activating group) is 1. The Morgan fingerprint density at radius 3 is 2.69 bits per heavy atom. The zero-order chi connectivity index (χ0) is 12.1. The summed E-state index contributed by atoms with van der Waals surface area (Å²) in [5.41, 5.74) is 3.48. The molecule has 1 aromatic carbocycles. The van der Waals surface area contributed by atoms with Crippen LogP contribution >= 0.6 is 0 Å². The molecule has 0 bridgehead atoms. The van der Waals surface area contributed by atoms with Crippen molar-refractivity contribution in [2.45, 2.75) is 20.8 Å². The van der Waals surface area contributed by atoms with E-state index in [2.05, 4.69) is 25.2 Å². The molecule has 0 aliphatic rings. The molecule has 0 aromatic heterocycles. The average Bonchev–Trinajstić information content (AvgIpc) is 2.29. The molecule has 0 radical (unpaired) electrons. The van der Waals surface area contributed by atoms with Crippen LogP contribution in [-0.4, -0.2) is 30.9 Å². The van der Waals surface area contributed by atoms with Gasteiger partial charge in [0, 0.05) is 19.3 Å². The minimum absolute atomic E-state index is 0.114. The van der Waals surface area contributed by atoms with Gasteiger partial charge in [0.2, 0.25) is 5.91 Å². The molecule has 0 fully saturated rings. The fraction of sp³-hybridized carbons (Fsp3) is 0.462. The summed E-state index contributed by atoms with van der Waals surface area (Å²) < 4.78 is 0. The number of aryl methyl sites for hydroxylation is 1. The molecule has 3 nitrogen and oxygen atoms in total. The van der Waals surface area contributed by atoms with E-state index in [1.165, 1.54) is 11.1 Å². The number of hydrogen-bond acceptors (Lipinski definition) is 2. The van der Waals surface area contributed by atoms with Gasteiger partial charge in [-0.3, -0.25) is 4.79 Å². The Labute approximate surface area is 97.5 Å². The molecule has 0 aliphatic carbocycles. The summed E-state index contributed by atoms with van der Waals surface area (Å²) >= 11 is 0. The molecule has 0 atom stereocenters. The molecule has 88 valence electrons. The number of nitrogens with one attached hydrogen (secondary N) is 1. The Kier molecular flexibility index (Phi) is 4.35. The van der Waals surface area contributed by atoms with Gasteiger partial charge >= 0.3 is 0 Å². The van der Waals surface area contributed by atoms with Crippen molar-refractivity contribution in [2.24, 2.45) is 0 Å². The van der Waals surface area contributed by atoms with E-state index in [9.17, 15) is 4.79 Å². The second-order valence-electron chi connectivity index (χ2n) is 4.01. The van der Waals surface area contributed by atoms with Crippen molar-refractivity contribution in [1.29, 1.82) is 0 Å². The lowest BCUT2D eigenvalue weighted by Crippen LogP contribution is -2.32. The Bertz CT molecular complexity index is 374. The van der Waals surface area contributed by atoms with E-state index in [-0.39, 0.29) is 5.91 Å². The van der Waals surface area contributed by atoms with Crippen molar-refractivity contribution in [3.8, 4) is 0 Å². The molecule has 1 aromatic rings. The minimum Gasteiger partial charge on any atom is -0.376 e. The van der Waals surface area contributed by atoms with Crippen LogP contribution in [-0.2, 0) is 4.79 Å². The summed E-state index contributed by atoms with van der Waals surface area (Å²) in [6.07, 6.45) is 0. The van der Waals surface area contributed by atoms with Crippen molar-refractivity contribution < 1.29 is 4.79 Å². The maximum Gasteiger partial charge on any atom is 0.241 e. The highest BCUT2D eigenvalue weighted by Crippen LogP contribution is 2.17. The first-order chi connectivity index (χ1) is 7.56. The average molecular weight is 220 g/mol. The van der Waals surface area contributed by atoms with Crippen molar-refractivity contribution in [2.75, 3.05) is 25.5 Å². The van der Waals surface area contributed by atoms with Gasteiger partial charge in [0.05, 0.1) is 6.54 Å². The maximum absolute atomic E-state index is 11.6. The molecule has 3 heteroatoms. The van der Waals surface area contributed by atoms with E-state index in [0.29, 0.717) is 6.54 Å². The number of benzene rings is 1. The number of amides is 1. The molecule has 0 saturated carbocycles. The predicted molar refractivity (Wildman–Crippen MR) is 67.7 cm³/mol. The maximum atomic E-state index is 11.6. The van der Waals surface area contributed by atoms with Crippen LogP contribution in [0.25, 0.3) is 0 Å². The molecule has 0 heterocycles. The van der Waals surface area contributed by atoms with Crippen LogP contribution < -0.4 is 5.32 Å². The quantitative estimate of drug-likeness (QED) is 0.843. The van der Waals surface area contributed by atoms with E-state index >= 15 is 0 Å². The largest absolute Gasteiger partial charge is 0.376 e. The molecule has 16 heavy (non-hydrogen) atoms. The van der Waals surface area contributed by atoms with Crippen molar-refractivity contribution >= 4 is 11.6 Å². The topological polar surface area (TPSA) is 32.3 Å². The Morgan fingerprint density at radius 2 is 2.06 bits per heavy atom. The summed E-state index contributed by atoms with van der Waals surface area (Å²) in [7, 11) is 1.81. The molecule has 0 saturated heterocycles. The zero-order valence-corrected chi connectivity index (χ0v) is 10.5. The lowest BCUT2D eigenvalue weighted by Gasteiger charge is -2.16. The van der Waals surface area contributed by atoms with Crippen molar-refractivity contribution in [3.63, 3.8) is 0 Å². The number of anilines is 1. The molecule has 1 N–H and O–H groups in total. The highest BCUT2D eigenvalue weighted by atomic mass is 16.2. The van der Waals surface area contributed by atoms with Gasteiger partial charge in [-0.25, -0.2) is 0 Å². The zero-order valence-electron chi connectivity index (χ0n) is 10.5. The first-order valence-electron chi connectivity index (χ1n) is 5.60. The monoisotopic (exact) mass is 220 g/mol. The van der Waals surface area contributed by atoms with Gasteiger partial charge in [0.1, 0.15) is 0 Å². The number of carbonyl (C=O) groups is 1. The van der Waals surface area contributed by atoms with Gasteiger partial charge < -0.3 is 10.2 Å². The first kappa shape index (κ1) is 12.6. The van der Waals surface area contributed by atoms with Gasteiger partial charge in [-0.1, -0.05) is 12.1 Å². The number of carbonyl (C=O) groups excluding carboxylic acids is 1. The highest BCUT2D eigenvalue weighted by molar-refractivity contribution is 5.80. The minimum atomic E-state index is 0.114. The van der Waals surface area contributed by atoms with Crippen LogP contribution in [0.1, 0.15) is 18.1 Å². The lowest BCUT2D eigenvalue weighted by atomic mass is 10.1. The van der Waals surface area contributed by atoms with Gasteiger partial charge in [0.25, 0.3) is 0 Å². The molecule has 0 spiro atoms. The third-order valence-corrected chi connectivity index (χ3v) is 2.93. The summed E-state index contributed by atoms with van der Waals surface area (Å²) in [5.74, 6) is 0.114. The number of hydrogen-bond donors (Lipinski definition) is 1. The SMILES string of the molecule is CCN(C)C(=O)CNc1cccc(C)c1C. The van der Waals surface area contributed by atoms with Gasteiger partial charge in [-0.05, 0) is 38.0 Å². The van der Waals surface area contributed by atoms with Gasteiger partial charge in [-0.15, -0.1) is 0 Å². The van der Waals surface area contributed by atoms with Gasteiger partial charge in [0.15, 0.2) is 0 Å². The standard InChI is InChI=1S/C13H20N2O/c1-5-15(4)13(16)9-14-12-8-6-7-10(2)11(12)3/h6-8,14H,5,9H2,1-4H3. The molecule has 1 amide bonds. The Balaban J connectivity index is 2.61. The highest BCUT2D eigenvalue weighted by Gasteiger charge is 2.07. The summed E-state index contributed by atoms with van der Waals surface area (Å²) in [6, 6.07) is 6.07. The molecule has 1 rings (SSSR count). The molecular formula is C13H20N2O. The van der Waals surface area contributed by atoms with Crippen LogP contribution in [0.3, 0.4) is 0 Å². The molecular weight excluding hydrogens is 200 g/mol. The Hall–Kier alpha value is -1.51. The third kappa shape index (κ3) is 2.99. The number of nitrogens with zero attached hydrogens (tertiary/aromatic N) is 1. The normalized spacial score (nSPS) is 10.0. The van der Waals surface area contributed by atoms with E-state index < -0.39 is 0 Å². The second-order valence-corrected chi connectivity index (χ2v) is 4.01. The van der Waals surface area contributed by atoms with E-state index in [1.54, 1.807) is 4.90 Å². The van der Waals surface area contributed by atoms with Crippen LogP contribution in [0.2, 0.25) is 0 Å².